The molecule has 1 aliphatic heterocycles. The minimum atomic E-state index is -0.0723. The van der Waals surface area contributed by atoms with Gasteiger partial charge in [0.1, 0.15) is 5.69 Å². The van der Waals surface area contributed by atoms with E-state index in [1.54, 1.807) is 11.1 Å². The number of fused-ring (bicyclic) bond motifs is 1. The van der Waals surface area contributed by atoms with Crippen LogP contribution in [0.5, 0.6) is 0 Å². The maximum Gasteiger partial charge on any atom is 0.274 e. The number of hydrogen-bond acceptors (Lipinski definition) is 5. The molecule has 6 nitrogen and oxygen atoms in total. The molecule has 2 heterocycles. The molecule has 21 heavy (non-hydrogen) atoms. The van der Waals surface area contributed by atoms with Gasteiger partial charge in [0.25, 0.3) is 5.91 Å². The van der Waals surface area contributed by atoms with Crippen molar-refractivity contribution in [1.29, 1.82) is 0 Å². The average Bonchev–Trinajstić information content (AvgIpc) is 2.55. The molecule has 1 aromatic carbocycles. The highest BCUT2D eigenvalue weighted by Crippen LogP contribution is 2.11. The van der Waals surface area contributed by atoms with Gasteiger partial charge in [0.05, 0.1) is 23.8 Å². The molecule has 2 aromatic rings. The first kappa shape index (κ1) is 13.9. The van der Waals surface area contributed by atoms with Crippen LogP contribution in [0.2, 0.25) is 0 Å². The molecule has 6 heteroatoms. The first-order chi connectivity index (χ1) is 10.3. The SMILES string of the molecule is O=C(c1cnc2ccccc2n1)N1CCN(CCO)CC1. The molecule has 0 unspecified atom stereocenters. The number of amides is 1. The van der Waals surface area contributed by atoms with Gasteiger partial charge in [0.15, 0.2) is 0 Å². The highest BCUT2D eigenvalue weighted by Gasteiger charge is 2.23. The van der Waals surface area contributed by atoms with Crippen LogP contribution >= 0.6 is 0 Å². The molecule has 1 aromatic heterocycles. The van der Waals surface area contributed by atoms with Crippen LogP contribution in [0.25, 0.3) is 11.0 Å². The Morgan fingerprint density at radius 1 is 1.14 bits per heavy atom. The fourth-order valence-electron chi connectivity index (χ4n) is 2.54. The third-order valence-electron chi connectivity index (χ3n) is 3.74. The van der Waals surface area contributed by atoms with E-state index in [1.165, 1.54) is 0 Å². The molecule has 1 aliphatic rings. The van der Waals surface area contributed by atoms with Crippen LogP contribution in [-0.4, -0.2) is 70.1 Å². The Morgan fingerprint density at radius 2 is 1.86 bits per heavy atom. The number of β-amino-alcohol motifs (C(OH)–C–C–N with tert-alkyl or cyclic N) is 1. The van der Waals surface area contributed by atoms with E-state index in [1.807, 2.05) is 24.3 Å². The Labute approximate surface area is 123 Å². The summed E-state index contributed by atoms with van der Waals surface area (Å²) < 4.78 is 0. The van der Waals surface area contributed by atoms with E-state index < -0.39 is 0 Å². The molecule has 1 saturated heterocycles. The number of carbonyl (C=O) groups is 1. The van der Waals surface area contributed by atoms with Crippen LogP contribution in [0.15, 0.2) is 30.5 Å². The van der Waals surface area contributed by atoms with Gasteiger partial charge in [-0.2, -0.15) is 0 Å². The summed E-state index contributed by atoms with van der Waals surface area (Å²) in [6.45, 7) is 3.71. The summed E-state index contributed by atoms with van der Waals surface area (Å²) in [5, 5.41) is 8.93. The number of para-hydroxylation sites is 2. The Balaban J connectivity index is 1.72. The molecule has 110 valence electrons. The van der Waals surface area contributed by atoms with Crippen LogP contribution in [0.1, 0.15) is 10.5 Å². The summed E-state index contributed by atoms with van der Waals surface area (Å²) in [7, 11) is 0. The first-order valence-corrected chi connectivity index (χ1v) is 7.12. The number of hydrogen-bond donors (Lipinski definition) is 1. The Hall–Kier alpha value is -2.05. The van der Waals surface area contributed by atoms with E-state index in [9.17, 15) is 4.79 Å². The summed E-state index contributed by atoms with van der Waals surface area (Å²) in [6, 6.07) is 7.53. The molecule has 0 saturated carbocycles. The molecular weight excluding hydrogens is 268 g/mol. The van der Waals surface area contributed by atoms with Gasteiger partial charge >= 0.3 is 0 Å². The minimum absolute atomic E-state index is 0.0723. The number of carbonyl (C=O) groups excluding carboxylic acids is 1. The first-order valence-electron chi connectivity index (χ1n) is 7.12. The molecule has 0 aliphatic carbocycles. The molecule has 1 N–H and O–H groups in total. The Bertz CT molecular complexity index is 638. The number of rotatable bonds is 3. The molecule has 0 radical (unpaired) electrons. The standard InChI is InChI=1S/C15H18N4O2/c20-10-9-18-5-7-19(8-6-18)15(21)14-11-16-12-3-1-2-4-13(12)17-14/h1-4,11,20H,5-10H2. The van der Waals surface area contributed by atoms with E-state index >= 15 is 0 Å². The van der Waals surface area contributed by atoms with Crippen molar-refractivity contribution in [1.82, 2.24) is 19.8 Å². The number of aromatic nitrogens is 2. The quantitative estimate of drug-likeness (QED) is 0.883. The zero-order chi connectivity index (χ0) is 14.7. The summed E-state index contributed by atoms with van der Waals surface area (Å²) in [6.07, 6.45) is 1.55. The summed E-state index contributed by atoms with van der Waals surface area (Å²) in [4.78, 5) is 25.1. The van der Waals surface area contributed by atoms with Crippen molar-refractivity contribution in [2.24, 2.45) is 0 Å². The lowest BCUT2D eigenvalue weighted by Gasteiger charge is -2.34. The van der Waals surface area contributed by atoms with Crippen molar-refractivity contribution < 1.29 is 9.90 Å². The molecule has 3 rings (SSSR count). The average molecular weight is 286 g/mol. The van der Waals surface area contributed by atoms with Gasteiger partial charge in [-0.1, -0.05) is 12.1 Å². The second-order valence-electron chi connectivity index (χ2n) is 5.10. The third kappa shape index (κ3) is 3.01. The normalized spacial score (nSPS) is 16.3. The highest BCUT2D eigenvalue weighted by molar-refractivity contribution is 5.93. The van der Waals surface area contributed by atoms with Crippen molar-refractivity contribution in [2.45, 2.75) is 0 Å². The molecule has 0 atom stereocenters. The topological polar surface area (TPSA) is 69.6 Å². The number of benzene rings is 1. The van der Waals surface area contributed by atoms with E-state index in [0.29, 0.717) is 25.3 Å². The van der Waals surface area contributed by atoms with Crippen molar-refractivity contribution in [2.75, 3.05) is 39.3 Å². The summed E-state index contributed by atoms with van der Waals surface area (Å²) in [5.41, 5.74) is 1.92. The van der Waals surface area contributed by atoms with Crippen molar-refractivity contribution in [3.8, 4) is 0 Å². The second kappa shape index (κ2) is 6.15. The molecule has 0 bridgehead atoms. The lowest BCUT2D eigenvalue weighted by molar-refractivity contribution is 0.0609. The van der Waals surface area contributed by atoms with E-state index in [2.05, 4.69) is 14.9 Å². The second-order valence-corrected chi connectivity index (χ2v) is 5.10. The summed E-state index contributed by atoms with van der Waals surface area (Å²) >= 11 is 0. The van der Waals surface area contributed by atoms with Crippen LogP contribution in [0, 0.1) is 0 Å². The zero-order valence-electron chi connectivity index (χ0n) is 11.8. The third-order valence-corrected chi connectivity index (χ3v) is 3.74. The lowest BCUT2D eigenvalue weighted by atomic mass is 10.2. The van der Waals surface area contributed by atoms with Gasteiger partial charge in [0, 0.05) is 32.7 Å². The van der Waals surface area contributed by atoms with Crippen LogP contribution in [0.3, 0.4) is 0 Å². The Kier molecular flexibility index (Phi) is 4.08. The van der Waals surface area contributed by atoms with Gasteiger partial charge in [-0.3, -0.25) is 14.7 Å². The van der Waals surface area contributed by atoms with Crippen LogP contribution in [-0.2, 0) is 0 Å². The smallest absolute Gasteiger partial charge is 0.274 e. The minimum Gasteiger partial charge on any atom is -0.395 e. The van der Waals surface area contributed by atoms with Gasteiger partial charge in [-0.25, -0.2) is 4.98 Å². The molecule has 1 fully saturated rings. The fraction of sp³-hybridized carbons (Fsp3) is 0.400. The number of piperazine rings is 1. The maximum atomic E-state index is 12.5. The monoisotopic (exact) mass is 286 g/mol. The molecule has 0 spiro atoms. The van der Waals surface area contributed by atoms with Gasteiger partial charge < -0.3 is 10.0 Å². The largest absolute Gasteiger partial charge is 0.395 e. The van der Waals surface area contributed by atoms with E-state index in [0.717, 1.165) is 24.1 Å². The predicted octanol–water partition coefficient (Wildman–Crippen LogP) is 0.380. The molecular formula is C15H18N4O2. The van der Waals surface area contributed by atoms with E-state index in [4.69, 9.17) is 5.11 Å². The van der Waals surface area contributed by atoms with Gasteiger partial charge in [-0.15, -0.1) is 0 Å². The number of aliphatic hydroxyl groups is 1. The van der Waals surface area contributed by atoms with Crippen molar-refractivity contribution in [3.05, 3.63) is 36.2 Å². The highest BCUT2D eigenvalue weighted by atomic mass is 16.3. The van der Waals surface area contributed by atoms with E-state index in [-0.39, 0.29) is 12.5 Å². The zero-order valence-corrected chi connectivity index (χ0v) is 11.8. The van der Waals surface area contributed by atoms with Crippen LogP contribution < -0.4 is 0 Å². The van der Waals surface area contributed by atoms with Crippen LogP contribution in [0.4, 0.5) is 0 Å². The summed E-state index contributed by atoms with van der Waals surface area (Å²) in [5.74, 6) is -0.0723. The fourth-order valence-corrected chi connectivity index (χ4v) is 2.54. The van der Waals surface area contributed by atoms with Crippen molar-refractivity contribution >= 4 is 16.9 Å². The maximum absolute atomic E-state index is 12.5. The van der Waals surface area contributed by atoms with Crippen molar-refractivity contribution in [3.63, 3.8) is 0 Å². The van der Waals surface area contributed by atoms with Gasteiger partial charge in [-0.05, 0) is 12.1 Å². The molecule has 1 amide bonds. The number of nitrogens with zero attached hydrogens (tertiary/aromatic N) is 4. The predicted molar refractivity (Wildman–Crippen MR) is 79.0 cm³/mol. The number of aliphatic hydroxyl groups excluding tert-OH is 1. The lowest BCUT2D eigenvalue weighted by Crippen LogP contribution is -2.49. The van der Waals surface area contributed by atoms with Gasteiger partial charge in [0.2, 0.25) is 0 Å². The Morgan fingerprint density at radius 3 is 2.57 bits per heavy atom.